The minimum atomic E-state index is -4.01. The highest BCUT2D eigenvalue weighted by Gasteiger charge is 2.62. The first kappa shape index (κ1) is 41.8. The van der Waals surface area contributed by atoms with E-state index in [4.69, 9.17) is 13.9 Å². The molecule has 0 bridgehead atoms. The number of sulfonamides is 1. The van der Waals surface area contributed by atoms with Crippen molar-refractivity contribution in [1.29, 1.82) is 0 Å². The van der Waals surface area contributed by atoms with Gasteiger partial charge in [0.25, 0.3) is 11.8 Å². The molecule has 1 saturated heterocycles. The Morgan fingerprint density at radius 2 is 1.84 bits per heavy atom. The van der Waals surface area contributed by atoms with Gasteiger partial charge in [-0.25, -0.2) is 22.4 Å². The lowest BCUT2D eigenvalue weighted by Crippen LogP contribution is -2.59. The van der Waals surface area contributed by atoms with E-state index in [1.165, 1.54) is 36.1 Å². The number of alkyl carbamates (subject to hydrolysis) is 1. The first-order chi connectivity index (χ1) is 27.2. The van der Waals surface area contributed by atoms with Gasteiger partial charge in [0, 0.05) is 44.0 Å². The summed E-state index contributed by atoms with van der Waals surface area (Å²) < 4.78 is 58.2. The molecule has 58 heavy (non-hydrogen) atoms. The van der Waals surface area contributed by atoms with Gasteiger partial charge in [-0.2, -0.15) is 0 Å². The van der Waals surface area contributed by atoms with E-state index in [0.29, 0.717) is 24.0 Å². The van der Waals surface area contributed by atoms with E-state index in [1.807, 2.05) is 0 Å². The molecule has 1 aromatic heterocycles. The second kappa shape index (κ2) is 15.9. The molecule has 2 aromatic rings. The summed E-state index contributed by atoms with van der Waals surface area (Å²) in [6.45, 7) is 8.68. The maximum atomic E-state index is 14.5. The molecule has 2 saturated carbocycles. The molecular weight excluding hydrogens is 784 g/mol. The van der Waals surface area contributed by atoms with Crippen LogP contribution < -0.4 is 20.7 Å². The molecule has 20 heteroatoms. The Hall–Kier alpha value is -5.79. The fourth-order valence-corrected chi connectivity index (χ4v) is 8.27. The summed E-state index contributed by atoms with van der Waals surface area (Å²) >= 11 is 0. The van der Waals surface area contributed by atoms with Crippen molar-refractivity contribution in [2.45, 2.75) is 101 Å². The molecule has 0 radical (unpaired) electrons. The minimum Gasteiger partial charge on any atom is -0.460 e. The molecule has 6 rings (SSSR count). The lowest BCUT2D eigenvalue weighted by atomic mass is 10.1. The zero-order chi connectivity index (χ0) is 42.3. The van der Waals surface area contributed by atoms with Crippen LogP contribution in [-0.2, 0) is 47.0 Å². The number of rotatable bonds is 13. The van der Waals surface area contributed by atoms with Crippen molar-refractivity contribution in [3.8, 4) is 0 Å². The molecule has 1 aromatic carbocycles. The number of furan rings is 1. The maximum absolute atomic E-state index is 14.5. The normalized spacial score (nSPS) is 22.9. The number of fused-ring (bicyclic) bond motifs is 1. The monoisotopic (exact) mass is 828 g/mol. The maximum Gasteiger partial charge on any atom is 0.410 e. The van der Waals surface area contributed by atoms with E-state index in [1.54, 1.807) is 26.8 Å². The molecule has 0 unspecified atom stereocenters. The highest BCUT2D eigenvalue weighted by molar-refractivity contribution is 7.91. The summed E-state index contributed by atoms with van der Waals surface area (Å²) in [5.41, 5.74) is -1.89. The third-order valence-corrected chi connectivity index (χ3v) is 12.0. The van der Waals surface area contributed by atoms with Crippen molar-refractivity contribution in [2.75, 3.05) is 13.1 Å². The van der Waals surface area contributed by atoms with Crippen molar-refractivity contribution >= 4 is 51.6 Å². The van der Waals surface area contributed by atoms with Crippen LogP contribution in [0.15, 0.2) is 47.6 Å². The highest BCUT2D eigenvalue weighted by atomic mass is 32.2. The number of hydrogen-bond acceptors (Lipinski definition) is 12. The second-order valence-corrected chi connectivity index (χ2v) is 17.8. The van der Waals surface area contributed by atoms with Crippen molar-refractivity contribution in [3.63, 3.8) is 0 Å². The molecule has 4 aliphatic rings. The fourth-order valence-electron chi connectivity index (χ4n) is 6.91. The van der Waals surface area contributed by atoms with Crippen molar-refractivity contribution in [1.82, 2.24) is 30.5 Å². The van der Waals surface area contributed by atoms with Gasteiger partial charge in [0.05, 0.1) is 23.9 Å². The average molecular weight is 829 g/mol. The third-order valence-electron chi connectivity index (χ3n) is 10.2. The van der Waals surface area contributed by atoms with E-state index in [-0.39, 0.29) is 37.3 Å². The highest BCUT2D eigenvalue weighted by Crippen LogP contribution is 2.45. The SMILES string of the molecule is C=C[C@@H]1C[C@]1(NC(=O)[C@@H]1C[C@@H](OC(=O)N2Cc3cccc(F)c3C2)CN1C(=O)[C@H](CNC(=O)c1coc(C(C)=O)c1)NC(=O)OC(C)(C)C)C(=O)NS(=O)(=O)C1CC1. The minimum absolute atomic E-state index is 0.00757. The molecule has 6 amide bonds. The van der Waals surface area contributed by atoms with E-state index in [9.17, 15) is 46.4 Å². The Balaban J connectivity index is 1.25. The third kappa shape index (κ3) is 9.16. The van der Waals surface area contributed by atoms with E-state index in [2.05, 4.69) is 27.3 Å². The number of nitrogens with one attached hydrogen (secondary N) is 4. The summed E-state index contributed by atoms with van der Waals surface area (Å²) in [7, 11) is -4.01. The van der Waals surface area contributed by atoms with Gasteiger partial charge < -0.3 is 34.7 Å². The fraction of sp³-hybridized carbons (Fsp3) is 0.500. The number of nitrogens with zero attached hydrogens (tertiary/aromatic N) is 2. The van der Waals surface area contributed by atoms with Crippen LogP contribution in [0.4, 0.5) is 14.0 Å². The van der Waals surface area contributed by atoms with Gasteiger partial charge in [-0.3, -0.25) is 33.6 Å². The van der Waals surface area contributed by atoms with Crippen LogP contribution in [0.1, 0.15) is 85.4 Å². The van der Waals surface area contributed by atoms with Crippen LogP contribution in [-0.4, -0.2) is 107 Å². The zero-order valence-corrected chi connectivity index (χ0v) is 33.1. The Morgan fingerprint density at radius 3 is 2.45 bits per heavy atom. The largest absolute Gasteiger partial charge is 0.460 e. The molecule has 18 nitrogen and oxygen atoms in total. The quantitative estimate of drug-likeness (QED) is 0.168. The number of halogens is 1. The number of benzene rings is 1. The van der Waals surface area contributed by atoms with Gasteiger partial charge in [0.2, 0.25) is 21.8 Å². The predicted octanol–water partition coefficient (Wildman–Crippen LogP) is 2.04. The summed E-state index contributed by atoms with van der Waals surface area (Å²) in [6.07, 6.45) is -0.148. The molecular formula is C38H45FN6O12S. The second-order valence-electron chi connectivity index (χ2n) is 15.8. The van der Waals surface area contributed by atoms with Crippen LogP contribution in [0, 0.1) is 11.7 Å². The lowest BCUT2D eigenvalue weighted by molar-refractivity contribution is -0.141. The Kier molecular flexibility index (Phi) is 11.4. The van der Waals surface area contributed by atoms with Gasteiger partial charge >= 0.3 is 12.2 Å². The lowest BCUT2D eigenvalue weighted by Gasteiger charge is -2.30. The van der Waals surface area contributed by atoms with Gasteiger partial charge in [0.15, 0.2) is 11.5 Å². The summed E-state index contributed by atoms with van der Waals surface area (Å²) in [6, 6.07) is 2.59. The topological polar surface area (TPSA) is 240 Å². The van der Waals surface area contributed by atoms with Crippen LogP contribution in [0.25, 0.3) is 0 Å². The number of likely N-dealkylation sites (tertiary alicyclic amines) is 1. The number of amides is 6. The number of carbonyl (C=O) groups excluding carboxylic acids is 7. The van der Waals surface area contributed by atoms with Gasteiger partial charge in [-0.15, -0.1) is 6.58 Å². The van der Waals surface area contributed by atoms with E-state index in [0.717, 1.165) is 11.2 Å². The molecule has 2 aliphatic carbocycles. The number of ether oxygens (including phenoxy) is 2. The standard InChI is InChI=1S/C38H45FN6O12S/c1-6-23-14-38(23,34(50)43-58(53,54)25-10-11-25)42-32(48)29-13-24(56-36(52)44-16-21-8-7-9-27(39)26(21)18-44)17-45(29)33(49)28(41-35(51)57-37(3,4)5)15-40-31(47)22-12-30(20(2)46)55-19-22/h6-9,12,19,23-25,28-29H,1,10-11,13-18H2,2-5H3,(H,40,47)(H,41,51)(H,42,48)(H,43,50)/t23-,24-,28+,29+,38-/m1/s1. The van der Waals surface area contributed by atoms with Gasteiger partial charge in [-0.1, -0.05) is 18.2 Å². The zero-order valence-electron chi connectivity index (χ0n) is 32.3. The van der Waals surface area contributed by atoms with Crippen LogP contribution in [0.5, 0.6) is 0 Å². The molecule has 4 N–H and O–H groups in total. The van der Waals surface area contributed by atoms with Crippen LogP contribution >= 0.6 is 0 Å². The van der Waals surface area contributed by atoms with Crippen molar-refractivity contribution in [2.24, 2.45) is 5.92 Å². The van der Waals surface area contributed by atoms with Gasteiger partial charge in [0.1, 0.15) is 41.4 Å². The average Bonchev–Trinajstić information content (AvgIpc) is 3.93. The van der Waals surface area contributed by atoms with Crippen LogP contribution in [0.2, 0.25) is 0 Å². The Labute approximate surface area is 333 Å². The Bertz CT molecular complexity index is 2160. The number of hydrogen-bond donors (Lipinski definition) is 4. The molecule has 0 spiro atoms. The van der Waals surface area contributed by atoms with Crippen molar-refractivity contribution in [3.05, 3.63) is 71.5 Å². The Morgan fingerprint density at radius 1 is 1.12 bits per heavy atom. The predicted molar refractivity (Wildman–Crippen MR) is 199 cm³/mol. The number of Topliss-reactive ketones (excluding diaryl/α,β-unsaturated/α-hetero) is 1. The van der Waals surface area contributed by atoms with E-state index >= 15 is 0 Å². The number of ketones is 1. The molecule has 3 heterocycles. The molecule has 3 fully saturated rings. The smallest absolute Gasteiger partial charge is 0.410 e. The van der Waals surface area contributed by atoms with Crippen molar-refractivity contribution < 1.29 is 60.3 Å². The number of carbonyl (C=O) groups is 7. The first-order valence-electron chi connectivity index (χ1n) is 18.6. The molecule has 5 atom stereocenters. The summed E-state index contributed by atoms with van der Waals surface area (Å²) in [4.78, 5) is 95.7. The first-order valence-corrected chi connectivity index (χ1v) is 20.2. The van der Waals surface area contributed by atoms with Gasteiger partial charge in [-0.05, 0) is 51.7 Å². The summed E-state index contributed by atoms with van der Waals surface area (Å²) in [5.74, 6) is -5.27. The van der Waals surface area contributed by atoms with E-state index < -0.39 is 111 Å². The van der Waals surface area contributed by atoms with Crippen LogP contribution in [0.3, 0.4) is 0 Å². The summed E-state index contributed by atoms with van der Waals surface area (Å²) in [5, 5.41) is 6.81. The molecule has 2 aliphatic heterocycles. The molecule has 312 valence electrons.